The molecule has 0 bridgehead atoms. The van der Waals surface area contributed by atoms with E-state index in [0.717, 1.165) is 41.2 Å². The molecule has 1 amide bonds. The molecule has 0 atom stereocenters. The number of nitrogens with zero attached hydrogens (tertiary/aromatic N) is 2. The zero-order valence-electron chi connectivity index (χ0n) is 18.8. The number of hydrogen-bond acceptors (Lipinski definition) is 5. The Morgan fingerprint density at radius 1 is 0.939 bits per heavy atom. The highest BCUT2D eigenvalue weighted by Crippen LogP contribution is 2.35. The van der Waals surface area contributed by atoms with Gasteiger partial charge in [-0.3, -0.25) is 4.79 Å². The van der Waals surface area contributed by atoms with Crippen LogP contribution in [-0.2, 0) is 0 Å². The van der Waals surface area contributed by atoms with E-state index < -0.39 is 0 Å². The van der Waals surface area contributed by atoms with Crippen molar-refractivity contribution in [3.05, 3.63) is 77.9 Å². The Labute approximate surface area is 193 Å². The van der Waals surface area contributed by atoms with Gasteiger partial charge >= 0.3 is 0 Å². The predicted molar refractivity (Wildman–Crippen MR) is 126 cm³/mol. The van der Waals surface area contributed by atoms with Gasteiger partial charge in [0.15, 0.2) is 0 Å². The van der Waals surface area contributed by atoms with Gasteiger partial charge in [-0.15, -0.1) is 0 Å². The van der Waals surface area contributed by atoms with Crippen LogP contribution in [0.3, 0.4) is 0 Å². The Kier molecular flexibility index (Phi) is 6.80. The summed E-state index contributed by atoms with van der Waals surface area (Å²) in [7, 11) is 3.29. The summed E-state index contributed by atoms with van der Waals surface area (Å²) in [6.07, 6.45) is 1.52. The molecule has 0 radical (unpaired) electrons. The molecule has 1 aliphatic heterocycles. The van der Waals surface area contributed by atoms with Crippen molar-refractivity contribution in [3.63, 3.8) is 0 Å². The van der Waals surface area contributed by atoms with Crippen molar-refractivity contribution < 1.29 is 19.0 Å². The maximum atomic E-state index is 12.8. The van der Waals surface area contributed by atoms with Crippen LogP contribution in [0.5, 0.6) is 17.2 Å². The van der Waals surface area contributed by atoms with Gasteiger partial charge in [-0.1, -0.05) is 18.2 Å². The van der Waals surface area contributed by atoms with Crippen LogP contribution in [0.25, 0.3) is 11.1 Å². The van der Waals surface area contributed by atoms with Crippen molar-refractivity contribution in [1.82, 2.24) is 4.90 Å². The monoisotopic (exact) mass is 442 g/mol. The highest BCUT2D eigenvalue weighted by molar-refractivity contribution is 5.94. The van der Waals surface area contributed by atoms with Crippen LogP contribution < -0.4 is 14.2 Å². The molecule has 4 rings (SSSR count). The van der Waals surface area contributed by atoms with Gasteiger partial charge in [-0.25, -0.2) is 0 Å². The van der Waals surface area contributed by atoms with E-state index in [0.29, 0.717) is 24.2 Å². The van der Waals surface area contributed by atoms with Crippen LogP contribution in [0.15, 0.2) is 66.7 Å². The molecule has 1 heterocycles. The molecule has 0 N–H and O–H groups in total. The smallest absolute Gasteiger partial charge is 0.253 e. The Morgan fingerprint density at radius 2 is 1.73 bits per heavy atom. The van der Waals surface area contributed by atoms with E-state index in [9.17, 15) is 4.79 Å². The molecular weight excluding hydrogens is 416 g/mol. The molecule has 0 aliphatic carbocycles. The number of rotatable bonds is 6. The topological polar surface area (TPSA) is 71.8 Å². The van der Waals surface area contributed by atoms with Crippen molar-refractivity contribution in [2.45, 2.75) is 18.9 Å². The summed E-state index contributed by atoms with van der Waals surface area (Å²) in [6, 6.07) is 22.6. The average molecular weight is 443 g/mol. The zero-order chi connectivity index (χ0) is 23.2. The maximum absolute atomic E-state index is 12.8. The third-order valence-corrected chi connectivity index (χ3v) is 5.82. The minimum absolute atomic E-state index is 0.0296. The van der Waals surface area contributed by atoms with Crippen LogP contribution in [0.2, 0.25) is 0 Å². The van der Waals surface area contributed by atoms with Crippen LogP contribution in [0.4, 0.5) is 0 Å². The average Bonchev–Trinajstić information content (AvgIpc) is 2.88. The van der Waals surface area contributed by atoms with Crippen LogP contribution in [0.1, 0.15) is 28.8 Å². The molecule has 1 aliphatic rings. The molecule has 3 aromatic carbocycles. The molecule has 0 aromatic heterocycles. The van der Waals surface area contributed by atoms with Crippen molar-refractivity contribution in [1.29, 1.82) is 5.26 Å². The van der Waals surface area contributed by atoms with Gasteiger partial charge < -0.3 is 19.1 Å². The Balaban J connectivity index is 1.41. The minimum atomic E-state index is -0.0438. The van der Waals surface area contributed by atoms with Gasteiger partial charge in [0.05, 0.1) is 25.9 Å². The van der Waals surface area contributed by atoms with Gasteiger partial charge in [0.1, 0.15) is 23.4 Å². The van der Waals surface area contributed by atoms with Gasteiger partial charge in [0, 0.05) is 37.1 Å². The van der Waals surface area contributed by atoms with E-state index in [-0.39, 0.29) is 12.0 Å². The first-order valence-electron chi connectivity index (χ1n) is 10.9. The maximum Gasteiger partial charge on any atom is 0.253 e. The summed E-state index contributed by atoms with van der Waals surface area (Å²) in [5.74, 6) is 2.26. The second-order valence-corrected chi connectivity index (χ2v) is 7.90. The lowest BCUT2D eigenvalue weighted by Crippen LogP contribution is -2.41. The van der Waals surface area contributed by atoms with Crippen LogP contribution in [0, 0.1) is 11.3 Å². The SMILES string of the molecule is COc1ccc(OC)c(-c2cccc(OC3CCN(C(=O)c4cccc(C#N)c4)CC3)c2)c1. The molecule has 0 saturated carbocycles. The normalized spacial score (nSPS) is 13.8. The zero-order valence-corrected chi connectivity index (χ0v) is 18.8. The number of benzene rings is 3. The molecule has 3 aromatic rings. The third-order valence-electron chi connectivity index (χ3n) is 5.82. The van der Waals surface area contributed by atoms with E-state index in [1.165, 1.54) is 0 Å². The second-order valence-electron chi connectivity index (χ2n) is 7.90. The van der Waals surface area contributed by atoms with E-state index in [1.807, 2.05) is 47.4 Å². The highest BCUT2D eigenvalue weighted by atomic mass is 16.5. The fraction of sp³-hybridized carbons (Fsp3) is 0.259. The largest absolute Gasteiger partial charge is 0.497 e. The van der Waals surface area contributed by atoms with Crippen LogP contribution in [-0.4, -0.2) is 44.2 Å². The van der Waals surface area contributed by atoms with E-state index >= 15 is 0 Å². The second kappa shape index (κ2) is 10.1. The van der Waals surface area contributed by atoms with Crippen molar-refractivity contribution in [2.75, 3.05) is 27.3 Å². The summed E-state index contributed by atoms with van der Waals surface area (Å²) < 4.78 is 17.2. The van der Waals surface area contributed by atoms with Crippen molar-refractivity contribution >= 4 is 5.91 Å². The Bertz CT molecular complexity index is 1180. The molecule has 168 valence electrons. The Morgan fingerprint density at radius 3 is 2.45 bits per heavy atom. The number of carbonyl (C=O) groups excluding carboxylic acids is 1. The fourth-order valence-corrected chi connectivity index (χ4v) is 4.05. The molecule has 33 heavy (non-hydrogen) atoms. The highest BCUT2D eigenvalue weighted by Gasteiger charge is 2.25. The summed E-state index contributed by atoms with van der Waals surface area (Å²) in [4.78, 5) is 14.6. The summed E-state index contributed by atoms with van der Waals surface area (Å²) >= 11 is 0. The first-order valence-corrected chi connectivity index (χ1v) is 10.9. The quantitative estimate of drug-likeness (QED) is 0.542. The van der Waals surface area contributed by atoms with Gasteiger partial charge in [-0.2, -0.15) is 5.26 Å². The molecule has 1 fully saturated rings. The number of piperidine rings is 1. The van der Waals surface area contributed by atoms with Crippen LogP contribution >= 0.6 is 0 Å². The molecule has 1 saturated heterocycles. The Hall–Kier alpha value is -3.98. The van der Waals surface area contributed by atoms with E-state index in [2.05, 4.69) is 6.07 Å². The lowest BCUT2D eigenvalue weighted by molar-refractivity contribution is 0.0595. The number of nitriles is 1. The van der Waals surface area contributed by atoms with Crippen molar-refractivity contribution in [3.8, 4) is 34.4 Å². The minimum Gasteiger partial charge on any atom is -0.497 e. The van der Waals surface area contributed by atoms with Crippen molar-refractivity contribution in [2.24, 2.45) is 0 Å². The summed E-state index contributed by atoms with van der Waals surface area (Å²) in [5.41, 5.74) is 2.95. The predicted octanol–water partition coefficient (Wildman–Crippen LogP) is 4.93. The number of likely N-dealkylation sites (tertiary alicyclic amines) is 1. The molecule has 6 heteroatoms. The fourth-order valence-electron chi connectivity index (χ4n) is 4.05. The number of amides is 1. The molecular formula is C27H26N2O4. The number of carbonyl (C=O) groups is 1. The third kappa shape index (κ3) is 5.09. The van der Waals surface area contributed by atoms with Gasteiger partial charge in [0.25, 0.3) is 5.91 Å². The first kappa shape index (κ1) is 22.2. The molecule has 0 spiro atoms. The number of ether oxygens (including phenoxy) is 3. The van der Waals surface area contributed by atoms with Gasteiger partial charge in [-0.05, 0) is 54.1 Å². The first-order chi connectivity index (χ1) is 16.1. The van der Waals surface area contributed by atoms with Gasteiger partial charge in [0.2, 0.25) is 0 Å². The number of methoxy groups -OCH3 is 2. The lowest BCUT2D eigenvalue weighted by atomic mass is 10.0. The molecule has 0 unspecified atom stereocenters. The molecule has 6 nitrogen and oxygen atoms in total. The lowest BCUT2D eigenvalue weighted by Gasteiger charge is -2.32. The van der Waals surface area contributed by atoms with E-state index in [4.69, 9.17) is 19.5 Å². The summed E-state index contributed by atoms with van der Waals surface area (Å²) in [5, 5.41) is 9.07. The standard InChI is InChI=1S/C27H26N2O4/c1-31-23-9-10-26(32-2)25(17-23)20-6-4-8-24(16-20)33-22-11-13-29(14-12-22)27(30)21-7-3-5-19(15-21)18-28/h3-10,15-17,22H,11-14H2,1-2H3. The van der Waals surface area contributed by atoms with E-state index in [1.54, 1.807) is 38.5 Å². The number of hydrogen-bond donors (Lipinski definition) is 0. The summed E-state index contributed by atoms with van der Waals surface area (Å²) in [6.45, 7) is 1.23.